The molecule has 2 aromatic rings. The molecule has 0 aromatic heterocycles. The number of carbonyl (C=O) groups is 2. The number of rotatable bonds is 7. The predicted molar refractivity (Wildman–Crippen MR) is 137 cm³/mol. The number of carbonyl (C=O) groups excluding carboxylic acids is 2. The normalized spacial score (nSPS) is 20.9. The van der Waals surface area contributed by atoms with Crippen molar-refractivity contribution in [2.45, 2.75) is 68.3 Å². The van der Waals surface area contributed by atoms with Crippen LogP contribution in [0.15, 0.2) is 53.4 Å². The predicted octanol–water partition coefficient (Wildman–Crippen LogP) is 3.45. The molecule has 35 heavy (non-hydrogen) atoms. The Hall–Kier alpha value is -2.91. The van der Waals surface area contributed by atoms with Crippen LogP contribution in [0, 0.1) is 0 Å². The van der Waals surface area contributed by atoms with Gasteiger partial charge in [0.15, 0.2) is 0 Å². The second-order valence-corrected chi connectivity index (χ2v) is 11.6. The standard InChI is InChI=1S/C26H34N4O4S/c1-18-16-23(26(27)32)22-10-6-7-11-24(22)30(18)17-25(31)28-19-12-14-21(15-13-19)35(33,34)29(2)20-8-4-3-5-9-20/h6-7,10-15,18,20,23H,3-5,8-9,16-17H2,1-2H3,(H2,27,32)(H,28,31)/t18-,23-/m0/s1. The number of fused-ring (bicyclic) bond motifs is 1. The first-order valence-electron chi connectivity index (χ1n) is 12.2. The van der Waals surface area contributed by atoms with Gasteiger partial charge in [-0.25, -0.2) is 8.42 Å². The number of nitrogens with two attached hydrogens (primary N) is 1. The Kier molecular flexibility index (Phi) is 7.47. The Bertz CT molecular complexity index is 1180. The lowest BCUT2D eigenvalue weighted by molar-refractivity contribution is -0.119. The summed E-state index contributed by atoms with van der Waals surface area (Å²) in [7, 11) is -1.93. The number of benzene rings is 2. The highest BCUT2D eigenvalue weighted by Crippen LogP contribution is 2.38. The van der Waals surface area contributed by atoms with Crippen molar-refractivity contribution in [3.63, 3.8) is 0 Å². The fourth-order valence-corrected chi connectivity index (χ4v) is 6.68. The first-order valence-corrected chi connectivity index (χ1v) is 13.7. The molecule has 0 radical (unpaired) electrons. The summed E-state index contributed by atoms with van der Waals surface area (Å²) in [4.78, 5) is 27.0. The van der Waals surface area contributed by atoms with Crippen LogP contribution in [0.25, 0.3) is 0 Å². The van der Waals surface area contributed by atoms with Crippen LogP contribution in [0.2, 0.25) is 0 Å². The number of para-hydroxylation sites is 1. The van der Waals surface area contributed by atoms with Gasteiger partial charge in [-0.2, -0.15) is 4.31 Å². The van der Waals surface area contributed by atoms with Crippen LogP contribution in [0.4, 0.5) is 11.4 Å². The third-order valence-corrected chi connectivity index (χ3v) is 9.22. The number of anilines is 2. The minimum absolute atomic E-state index is 0.0386. The van der Waals surface area contributed by atoms with Crippen LogP contribution < -0.4 is 16.0 Å². The van der Waals surface area contributed by atoms with Crippen LogP contribution in [-0.4, -0.2) is 50.2 Å². The van der Waals surface area contributed by atoms with Gasteiger partial charge in [0.1, 0.15) is 0 Å². The second-order valence-electron chi connectivity index (χ2n) is 9.61. The second kappa shape index (κ2) is 10.4. The Morgan fingerprint density at radius 2 is 1.71 bits per heavy atom. The minimum atomic E-state index is -3.58. The van der Waals surface area contributed by atoms with E-state index >= 15 is 0 Å². The van der Waals surface area contributed by atoms with Crippen LogP contribution in [0.1, 0.15) is 56.9 Å². The summed E-state index contributed by atoms with van der Waals surface area (Å²) in [5.41, 5.74) is 7.81. The molecule has 2 aliphatic rings. The Labute approximate surface area is 207 Å². The van der Waals surface area contributed by atoms with Crippen molar-refractivity contribution in [3.8, 4) is 0 Å². The molecule has 0 spiro atoms. The van der Waals surface area contributed by atoms with Gasteiger partial charge < -0.3 is 16.0 Å². The largest absolute Gasteiger partial charge is 0.369 e. The number of hydrogen-bond acceptors (Lipinski definition) is 5. The summed E-state index contributed by atoms with van der Waals surface area (Å²) in [6.07, 6.45) is 5.59. The number of amides is 2. The van der Waals surface area contributed by atoms with Gasteiger partial charge in [-0.3, -0.25) is 9.59 Å². The lowest BCUT2D eigenvalue weighted by atomic mass is 9.85. The number of hydrogen-bond donors (Lipinski definition) is 2. The van der Waals surface area contributed by atoms with Crippen molar-refractivity contribution in [1.29, 1.82) is 0 Å². The van der Waals surface area contributed by atoms with E-state index in [9.17, 15) is 18.0 Å². The molecule has 188 valence electrons. The van der Waals surface area contributed by atoms with Gasteiger partial charge in [0, 0.05) is 30.5 Å². The molecule has 0 bridgehead atoms. The molecule has 0 unspecified atom stereocenters. The molecule has 1 aliphatic carbocycles. The fourth-order valence-electron chi connectivity index (χ4n) is 5.26. The van der Waals surface area contributed by atoms with Gasteiger partial charge in [-0.05, 0) is 62.1 Å². The smallest absolute Gasteiger partial charge is 0.243 e. The summed E-state index contributed by atoms with van der Waals surface area (Å²) >= 11 is 0. The molecule has 4 rings (SSSR count). The van der Waals surface area contributed by atoms with Gasteiger partial charge in [0.2, 0.25) is 21.8 Å². The van der Waals surface area contributed by atoms with Gasteiger partial charge >= 0.3 is 0 Å². The van der Waals surface area contributed by atoms with E-state index in [2.05, 4.69) is 5.32 Å². The SMILES string of the molecule is C[C@H]1C[C@H](C(N)=O)c2ccccc2N1CC(=O)Nc1ccc(S(=O)(=O)N(C)C2CCCCC2)cc1. The molecule has 8 nitrogen and oxygen atoms in total. The zero-order valence-corrected chi connectivity index (χ0v) is 21.1. The van der Waals surface area contributed by atoms with Crippen molar-refractivity contribution < 1.29 is 18.0 Å². The van der Waals surface area contributed by atoms with Gasteiger partial charge in [-0.1, -0.05) is 37.5 Å². The van der Waals surface area contributed by atoms with E-state index in [1.807, 2.05) is 36.1 Å². The maximum atomic E-state index is 13.1. The summed E-state index contributed by atoms with van der Waals surface area (Å²) in [5, 5.41) is 2.87. The van der Waals surface area contributed by atoms with Crippen LogP contribution >= 0.6 is 0 Å². The van der Waals surface area contributed by atoms with E-state index < -0.39 is 10.0 Å². The molecule has 1 aliphatic heterocycles. The summed E-state index contributed by atoms with van der Waals surface area (Å²) in [6.45, 7) is 2.08. The molecule has 2 amide bonds. The van der Waals surface area contributed by atoms with E-state index in [0.29, 0.717) is 12.1 Å². The zero-order chi connectivity index (χ0) is 25.2. The maximum absolute atomic E-state index is 13.1. The Balaban J connectivity index is 1.43. The van der Waals surface area contributed by atoms with Crippen molar-refractivity contribution in [1.82, 2.24) is 4.31 Å². The highest BCUT2D eigenvalue weighted by molar-refractivity contribution is 7.89. The summed E-state index contributed by atoms with van der Waals surface area (Å²) in [6, 6.07) is 13.8. The lowest BCUT2D eigenvalue weighted by Gasteiger charge is -2.39. The molecule has 1 saturated carbocycles. The monoisotopic (exact) mass is 498 g/mol. The average Bonchev–Trinajstić information content (AvgIpc) is 2.85. The molecule has 1 heterocycles. The molecule has 9 heteroatoms. The van der Waals surface area contributed by atoms with Crippen LogP contribution in [0.3, 0.4) is 0 Å². The first kappa shape index (κ1) is 25.2. The number of sulfonamides is 1. The van der Waals surface area contributed by atoms with Crippen LogP contribution in [0.5, 0.6) is 0 Å². The number of nitrogens with one attached hydrogen (secondary N) is 1. The summed E-state index contributed by atoms with van der Waals surface area (Å²) in [5.74, 6) is -0.960. The Morgan fingerprint density at radius 3 is 2.37 bits per heavy atom. The topological polar surface area (TPSA) is 113 Å². The number of primary amides is 1. The quantitative estimate of drug-likeness (QED) is 0.607. The molecule has 1 fully saturated rings. The molecule has 3 N–H and O–H groups in total. The van der Waals surface area contributed by atoms with Crippen molar-refractivity contribution in [2.24, 2.45) is 5.73 Å². The highest BCUT2D eigenvalue weighted by atomic mass is 32.2. The molecule has 2 aromatic carbocycles. The van der Waals surface area contributed by atoms with Crippen molar-refractivity contribution in [2.75, 3.05) is 23.8 Å². The van der Waals surface area contributed by atoms with E-state index in [1.54, 1.807) is 31.3 Å². The lowest BCUT2D eigenvalue weighted by Crippen LogP contribution is -2.45. The average molecular weight is 499 g/mol. The summed E-state index contributed by atoms with van der Waals surface area (Å²) < 4.78 is 27.6. The van der Waals surface area contributed by atoms with E-state index in [-0.39, 0.29) is 41.3 Å². The van der Waals surface area contributed by atoms with Gasteiger partial charge in [0.25, 0.3) is 0 Å². The fraction of sp³-hybridized carbons (Fsp3) is 0.462. The van der Waals surface area contributed by atoms with Crippen molar-refractivity contribution in [3.05, 3.63) is 54.1 Å². The van der Waals surface area contributed by atoms with E-state index in [1.165, 1.54) is 4.31 Å². The molecule has 2 atom stereocenters. The third kappa shape index (κ3) is 5.36. The van der Waals surface area contributed by atoms with Gasteiger partial charge in [-0.15, -0.1) is 0 Å². The highest BCUT2D eigenvalue weighted by Gasteiger charge is 2.34. The minimum Gasteiger partial charge on any atom is -0.369 e. The Morgan fingerprint density at radius 1 is 1.06 bits per heavy atom. The number of nitrogens with zero attached hydrogens (tertiary/aromatic N) is 2. The first-order chi connectivity index (χ1) is 16.7. The van der Waals surface area contributed by atoms with Crippen molar-refractivity contribution >= 4 is 33.2 Å². The molecule has 0 saturated heterocycles. The maximum Gasteiger partial charge on any atom is 0.243 e. The van der Waals surface area contributed by atoms with Gasteiger partial charge in [0.05, 0.1) is 17.4 Å². The zero-order valence-electron chi connectivity index (χ0n) is 20.3. The third-order valence-electron chi connectivity index (χ3n) is 7.29. The van der Waals surface area contributed by atoms with Crippen LogP contribution in [-0.2, 0) is 19.6 Å². The molecular weight excluding hydrogens is 464 g/mol. The van der Waals surface area contributed by atoms with E-state index in [4.69, 9.17) is 5.73 Å². The van der Waals surface area contributed by atoms with E-state index in [0.717, 1.165) is 43.4 Å². The molecular formula is C26H34N4O4S.